The quantitative estimate of drug-likeness (QED) is 0.529. The summed E-state index contributed by atoms with van der Waals surface area (Å²) in [5.74, 6) is 0.394. The molecule has 0 aliphatic heterocycles. The Hall–Kier alpha value is -3.28. The molecule has 2 aromatic heterocycles. The van der Waals surface area contributed by atoms with E-state index in [0.717, 1.165) is 42.4 Å². The molecule has 1 N–H and O–H groups in total. The number of sulfonamides is 1. The van der Waals surface area contributed by atoms with E-state index in [9.17, 15) is 26.4 Å². The van der Waals surface area contributed by atoms with Gasteiger partial charge in [0.2, 0.25) is 10.0 Å². The number of nitrogens with zero attached hydrogens (tertiary/aromatic N) is 4. The van der Waals surface area contributed by atoms with Crippen molar-refractivity contribution in [2.24, 2.45) is 0 Å². The summed E-state index contributed by atoms with van der Waals surface area (Å²) in [7, 11) is -0.0794. The molecule has 1 aliphatic rings. The molecule has 2 heterocycles. The second kappa shape index (κ2) is 9.64. The predicted octanol–water partition coefficient (Wildman–Crippen LogP) is 3.93. The van der Waals surface area contributed by atoms with Crippen LogP contribution in [0.3, 0.4) is 0 Å². The maximum Gasteiger partial charge on any atom is 0.434 e. The molecular weight excluding hydrogens is 495 g/mol. The molecule has 194 valence electrons. The minimum atomic E-state index is -4.51. The summed E-state index contributed by atoms with van der Waals surface area (Å²) >= 11 is 0. The van der Waals surface area contributed by atoms with Crippen LogP contribution in [0.25, 0.3) is 5.65 Å². The van der Waals surface area contributed by atoms with E-state index in [4.69, 9.17) is 0 Å². The molecule has 1 aliphatic carbocycles. The highest BCUT2D eigenvalue weighted by Crippen LogP contribution is 2.32. The van der Waals surface area contributed by atoms with E-state index >= 15 is 0 Å². The van der Waals surface area contributed by atoms with Gasteiger partial charge in [-0.3, -0.25) is 13.5 Å². The fourth-order valence-electron chi connectivity index (χ4n) is 4.50. The van der Waals surface area contributed by atoms with Crippen molar-refractivity contribution in [1.82, 2.24) is 14.7 Å². The Balaban J connectivity index is 1.37. The highest BCUT2D eigenvalue weighted by atomic mass is 32.2. The number of halogens is 3. The number of hydrogen-bond acceptors (Lipinski definition) is 5. The summed E-state index contributed by atoms with van der Waals surface area (Å²) < 4.78 is 65.4. The Morgan fingerprint density at radius 3 is 2.28 bits per heavy atom. The van der Waals surface area contributed by atoms with Crippen LogP contribution in [0.15, 0.2) is 48.7 Å². The molecule has 1 amide bonds. The van der Waals surface area contributed by atoms with Crippen molar-refractivity contribution in [3.63, 3.8) is 0 Å². The first-order valence-corrected chi connectivity index (χ1v) is 13.3. The third kappa shape index (κ3) is 5.43. The molecule has 1 saturated carbocycles. The van der Waals surface area contributed by atoms with E-state index < -0.39 is 21.9 Å². The van der Waals surface area contributed by atoms with Crippen molar-refractivity contribution in [2.45, 2.75) is 43.9 Å². The van der Waals surface area contributed by atoms with E-state index in [1.54, 1.807) is 42.5 Å². The lowest BCUT2D eigenvalue weighted by Gasteiger charge is -2.36. The van der Waals surface area contributed by atoms with Gasteiger partial charge in [0.15, 0.2) is 5.69 Å². The first kappa shape index (κ1) is 25.8. The Morgan fingerprint density at radius 2 is 1.69 bits per heavy atom. The molecule has 1 fully saturated rings. The van der Waals surface area contributed by atoms with Gasteiger partial charge in [0.05, 0.1) is 11.9 Å². The standard InChI is InChI=1S/C24H28F3N5O3S/c1-30(22-6-4-5-21-29-20(15-32(21)22)24(25,26)27)18-13-9-17(10-14-18)28-23(33)16-7-11-19(12-8-16)31(2)36(3,34)35/h4-8,11-12,15,17-18H,9-10,13-14H2,1-3H3,(H,28,33). The van der Waals surface area contributed by atoms with Crippen LogP contribution < -0.4 is 14.5 Å². The van der Waals surface area contributed by atoms with E-state index in [0.29, 0.717) is 17.1 Å². The molecular formula is C24H28F3N5O3S. The third-order valence-corrected chi connectivity index (χ3v) is 7.90. The van der Waals surface area contributed by atoms with Gasteiger partial charge in [0.25, 0.3) is 5.91 Å². The molecule has 0 atom stereocenters. The maximum absolute atomic E-state index is 13.1. The van der Waals surface area contributed by atoms with Crippen LogP contribution in [0, 0.1) is 0 Å². The number of pyridine rings is 1. The normalized spacial score (nSPS) is 18.7. The average Bonchev–Trinajstić information content (AvgIpc) is 3.28. The zero-order valence-electron chi connectivity index (χ0n) is 20.2. The van der Waals surface area contributed by atoms with Crippen molar-refractivity contribution < 1.29 is 26.4 Å². The van der Waals surface area contributed by atoms with Crippen LogP contribution in [0.1, 0.15) is 41.7 Å². The smallest absolute Gasteiger partial charge is 0.358 e. The van der Waals surface area contributed by atoms with Gasteiger partial charge in [-0.2, -0.15) is 13.2 Å². The molecule has 1 aromatic carbocycles. The maximum atomic E-state index is 13.1. The molecule has 4 rings (SSSR count). The van der Waals surface area contributed by atoms with Gasteiger partial charge in [-0.05, 0) is 62.1 Å². The fourth-order valence-corrected chi connectivity index (χ4v) is 5.00. The fraction of sp³-hybridized carbons (Fsp3) is 0.417. The molecule has 8 nitrogen and oxygen atoms in total. The summed E-state index contributed by atoms with van der Waals surface area (Å²) in [6.45, 7) is 0. The average molecular weight is 524 g/mol. The Labute approximate surface area is 207 Å². The van der Waals surface area contributed by atoms with Crippen molar-refractivity contribution in [3.05, 3.63) is 59.9 Å². The molecule has 0 spiro atoms. The van der Waals surface area contributed by atoms with Crippen molar-refractivity contribution in [3.8, 4) is 0 Å². The second-order valence-corrected chi connectivity index (χ2v) is 11.1. The number of amides is 1. The molecule has 0 radical (unpaired) electrons. The van der Waals surface area contributed by atoms with Crippen LogP contribution in [-0.4, -0.2) is 56.1 Å². The number of anilines is 2. The van der Waals surface area contributed by atoms with E-state index in [2.05, 4.69) is 10.3 Å². The number of benzene rings is 1. The SMILES string of the molecule is CN(c1cccc2nc(C(F)(F)F)cn12)C1CCC(NC(=O)c2ccc(N(C)S(C)(=O)=O)cc2)CC1. The molecule has 0 saturated heterocycles. The Kier molecular flexibility index (Phi) is 6.91. The van der Waals surface area contributed by atoms with Gasteiger partial charge >= 0.3 is 6.18 Å². The number of fused-ring (bicyclic) bond motifs is 1. The third-order valence-electron chi connectivity index (χ3n) is 6.69. The minimum Gasteiger partial charge on any atom is -0.358 e. The summed E-state index contributed by atoms with van der Waals surface area (Å²) in [6.07, 6.45) is 0.589. The van der Waals surface area contributed by atoms with Gasteiger partial charge in [-0.15, -0.1) is 0 Å². The number of carbonyl (C=O) groups excluding carboxylic acids is 1. The van der Waals surface area contributed by atoms with Gasteiger partial charge in [0, 0.05) is 37.9 Å². The van der Waals surface area contributed by atoms with Crippen molar-refractivity contribution in [2.75, 3.05) is 29.6 Å². The Bertz CT molecular complexity index is 1350. The molecule has 36 heavy (non-hydrogen) atoms. The second-order valence-electron chi connectivity index (χ2n) is 9.10. The molecule has 3 aromatic rings. The van der Waals surface area contributed by atoms with Gasteiger partial charge < -0.3 is 10.2 Å². The largest absolute Gasteiger partial charge is 0.434 e. The number of alkyl halides is 3. The molecule has 0 unspecified atom stereocenters. The number of aromatic nitrogens is 2. The van der Waals surface area contributed by atoms with Crippen molar-refractivity contribution >= 4 is 33.1 Å². The topological polar surface area (TPSA) is 87.0 Å². The van der Waals surface area contributed by atoms with Crippen LogP contribution in [-0.2, 0) is 16.2 Å². The summed E-state index contributed by atoms with van der Waals surface area (Å²) in [5.41, 5.74) is 0.215. The highest BCUT2D eigenvalue weighted by molar-refractivity contribution is 7.92. The summed E-state index contributed by atoms with van der Waals surface area (Å²) in [5, 5.41) is 3.03. The number of rotatable bonds is 6. The van der Waals surface area contributed by atoms with E-state index in [1.165, 1.54) is 11.4 Å². The lowest BCUT2D eigenvalue weighted by molar-refractivity contribution is -0.140. The highest BCUT2D eigenvalue weighted by Gasteiger charge is 2.34. The monoisotopic (exact) mass is 523 g/mol. The van der Waals surface area contributed by atoms with Crippen LogP contribution >= 0.6 is 0 Å². The van der Waals surface area contributed by atoms with Gasteiger partial charge in [-0.25, -0.2) is 13.4 Å². The Morgan fingerprint density at radius 1 is 1.06 bits per heavy atom. The van der Waals surface area contributed by atoms with E-state index in [-0.39, 0.29) is 23.6 Å². The first-order chi connectivity index (χ1) is 16.8. The zero-order valence-corrected chi connectivity index (χ0v) is 21.0. The molecule has 0 bridgehead atoms. The van der Waals surface area contributed by atoms with Crippen LogP contribution in [0.2, 0.25) is 0 Å². The number of hydrogen-bond donors (Lipinski definition) is 1. The predicted molar refractivity (Wildman–Crippen MR) is 132 cm³/mol. The number of nitrogens with one attached hydrogen (secondary N) is 1. The minimum absolute atomic E-state index is 0.0265. The van der Waals surface area contributed by atoms with E-state index in [1.807, 2.05) is 11.9 Å². The lowest BCUT2D eigenvalue weighted by Crippen LogP contribution is -2.43. The van der Waals surface area contributed by atoms with Gasteiger partial charge in [-0.1, -0.05) is 6.07 Å². The molecule has 12 heteroatoms. The summed E-state index contributed by atoms with van der Waals surface area (Å²) in [6, 6.07) is 11.4. The summed E-state index contributed by atoms with van der Waals surface area (Å²) in [4.78, 5) is 18.4. The first-order valence-electron chi connectivity index (χ1n) is 11.5. The number of imidazole rings is 1. The number of carbonyl (C=O) groups is 1. The zero-order chi connectivity index (χ0) is 26.3. The van der Waals surface area contributed by atoms with Crippen LogP contribution in [0.4, 0.5) is 24.7 Å². The lowest BCUT2D eigenvalue weighted by atomic mass is 9.90. The van der Waals surface area contributed by atoms with Gasteiger partial charge in [0.1, 0.15) is 11.5 Å². The van der Waals surface area contributed by atoms with Crippen molar-refractivity contribution in [1.29, 1.82) is 0 Å². The van der Waals surface area contributed by atoms with Crippen LogP contribution in [0.5, 0.6) is 0 Å².